The molecular weight excluding hydrogens is 338 g/mol. The third-order valence-electron chi connectivity index (χ3n) is 3.52. The standard InChI is InChI=1S/C19H19NO6/c1-12(21)14-5-8-17(24-2)15(9-14)10-26-19(23)13-3-6-16(7-4-13)25-11-18(20)22/h3-9H,10-11H2,1-2H3,(H2,20,22). The van der Waals surface area contributed by atoms with Gasteiger partial charge in [-0.15, -0.1) is 0 Å². The van der Waals surface area contributed by atoms with Crippen molar-refractivity contribution in [1.82, 2.24) is 0 Å². The van der Waals surface area contributed by atoms with E-state index in [0.29, 0.717) is 28.2 Å². The number of primary amides is 1. The number of carbonyl (C=O) groups is 3. The highest BCUT2D eigenvalue weighted by molar-refractivity contribution is 5.94. The number of rotatable bonds is 8. The SMILES string of the molecule is COc1ccc(C(C)=O)cc1COC(=O)c1ccc(OCC(N)=O)cc1. The lowest BCUT2D eigenvalue weighted by molar-refractivity contribution is -0.119. The smallest absolute Gasteiger partial charge is 0.338 e. The maximum atomic E-state index is 12.2. The van der Waals surface area contributed by atoms with Crippen LogP contribution in [0.5, 0.6) is 11.5 Å². The van der Waals surface area contributed by atoms with Gasteiger partial charge in [-0.1, -0.05) is 0 Å². The lowest BCUT2D eigenvalue weighted by Crippen LogP contribution is -2.20. The molecule has 7 heteroatoms. The molecule has 26 heavy (non-hydrogen) atoms. The summed E-state index contributed by atoms with van der Waals surface area (Å²) in [7, 11) is 1.50. The van der Waals surface area contributed by atoms with Gasteiger partial charge in [0.05, 0.1) is 12.7 Å². The van der Waals surface area contributed by atoms with Gasteiger partial charge in [0, 0.05) is 11.1 Å². The van der Waals surface area contributed by atoms with Gasteiger partial charge >= 0.3 is 5.97 Å². The number of benzene rings is 2. The van der Waals surface area contributed by atoms with Crippen molar-refractivity contribution in [3.8, 4) is 11.5 Å². The Morgan fingerprint density at radius 1 is 1.00 bits per heavy atom. The third-order valence-corrected chi connectivity index (χ3v) is 3.52. The second-order valence-corrected chi connectivity index (χ2v) is 5.44. The van der Waals surface area contributed by atoms with E-state index in [1.54, 1.807) is 18.2 Å². The van der Waals surface area contributed by atoms with Crippen molar-refractivity contribution in [3.63, 3.8) is 0 Å². The van der Waals surface area contributed by atoms with Crippen LogP contribution >= 0.6 is 0 Å². The lowest BCUT2D eigenvalue weighted by atomic mass is 10.1. The average molecular weight is 357 g/mol. The minimum Gasteiger partial charge on any atom is -0.496 e. The van der Waals surface area contributed by atoms with Gasteiger partial charge in [0.2, 0.25) is 0 Å². The highest BCUT2D eigenvalue weighted by atomic mass is 16.5. The molecule has 2 aromatic rings. The van der Waals surface area contributed by atoms with Crippen LogP contribution in [0.15, 0.2) is 42.5 Å². The molecule has 0 radical (unpaired) electrons. The van der Waals surface area contributed by atoms with Gasteiger partial charge in [0.1, 0.15) is 18.1 Å². The summed E-state index contributed by atoms with van der Waals surface area (Å²) >= 11 is 0. The van der Waals surface area contributed by atoms with Gasteiger partial charge in [-0.3, -0.25) is 9.59 Å². The van der Waals surface area contributed by atoms with Crippen molar-refractivity contribution in [1.29, 1.82) is 0 Å². The van der Waals surface area contributed by atoms with Crippen molar-refractivity contribution in [2.75, 3.05) is 13.7 Å². The highest BCUT2D eigenvalue weighted by Gasteiger charge is 2.12. The van der Waals surface area contributed by atoms with E-state index in [4.69, 9.17) is 19.9 Å². The second kappa shape index (κ2) is 8.66. The fourth-order valence-electron chi connectivity index (χ4n) is 2.18. The summed E-state index contributed by atoms with van der Waals surface area (Å²) in [6.45, 7) is 1.18. The maximum absolute atomic E-state index is 12.2. The molecule has 0 spiro atoms. The zero-order chi connectivity index (χ0) is 19.1. The maximum Gasteiger partial charge on any atom is 0.338 e. The van der Waals surface area contributed by atoms with E-state index in [2.05, 4.69) is 0 Å². The first kappa shape index (κ1) is 19.0. The molecule has 0 aromatic heterocycles. The molecule has 0 bridgehead atoms. The van der Waals surface area contributed by atoms with Gasteiger partial charge in [0.25, 0.3) is 5.91 Å². The molecule has 2 aromatic carbocycles. The molecular formula is C19H19NO6. The molecule has 0 heterocycles. The third kappa shape index (κ3) is 5.07. The molecule has 136 valence electrons. The average Bonchev–Trinajstić information content (AvgIpc) is 2.64. The Morgan fingerprint density at radius 2 is 1.65 bits per heavy atom. The molecule has 7 nitrogen and oxygen atoms in total. The van der Waals surface area contributed by atoms with Crippen LogP contribution in [0.2, 0.25) is 0 Å². The van der Waals surface area contributed by atoms with Crippen LogP contribution in [0.25, 0.3) is 0 Å². The molecule has 0 atom stereocenters. The van der Waals surface area contributed by atoms with Crippen molar-refractivity contribution in [2.45, 2.75) is 13.5 Å². The Morgan fingerprint density at radius 3 is 2.23 bits per heavy atom. The number of carbonyl (C=O) groups excluding carboxylic acids is 3. The lowest BCUT2D eigenvalue weighted by Gasteiger charge is -2.11. The summed E-state index contributed by atoms with van der Waals surface area (Å²) in [5, 5.41) is 0. The highest BCUT2D eigenvalue weighted by Crippen LogP contribution is 2.22. The molecule has 0 fully saturated rings. The summed E-state index contributed by atoms with van der Waals surface area (Å²) in [5.41, 5.74) is 6.41. The molecule has 0 aliphatic heterocycles. The molecule has 2 rings (SSSR count). The zero-order valence-electron chi connectivity index (χ0n) is 14.5. The predicted molar refractivity (Wildman–Crippen MR) is 93.2 cm³/mol. The molecule has 0 unspecified atom stereocenters. The number of esters is 1. The van der Waals surface area contributed by atoms with E-state index >= 15 is 0 Å². The van der Waals surface area contributed by atoms with Crippen molar-refractivity contribution < 1.29 is 28.6 Å². The summed E-state index contributed by atoms with van der Waals surface area (Å²) in [6.07, 6.45) is 0. The summed E-state index contributed by atoms with van der Waals surface area (Å²) in [6, 6.07) is 11.0. The van der Waals surface area contributed by atoms with E-state index in [-0.39, 0.29) is 19.0 Å². The summed E-state index contributed by atoms with van der Waals surface area (Å²) < 4.78 is 15.6. The second-order valence-electron chi connectivity index (χ2n) is 5.44. The van der Waals surface area contributed by atoms with Crippen LogP contribution < -0.4 is 15.2 Å². The van der Waals surface area contributed by atoms with E-state index in [1.807, 2.05) is 0 Å². The van der Waals surface area contributed by atoms with Crippen LogP contribution in [0, 0.1) is 0 Å². The zero-order valence-corrected chi connectivity index (χ0v) is 14.5. The van der Waals surface area contributed by atoms with Gasteiger partial charge in [0.15, 0.2) is 12.4 Å². The van der Waals surface area contributed by atoms with Crippen LogP contribution in [-0.2, 0) is 16.1 Å². The van der Waals surface area contributed by atoms with Gasteiger partial charge in [-0.25, -0.2) is 4.79 Å². The Kier molecular flexibility index (Phi) is 6.32. The Hall–Kier alpha value is -3.35. The molecule has 0 saturated carbocycles. The Bertz CT molecular complexity index is 813. The molecule has 0 aliphatic rings. The topological polar surface area (TPSA) is 105 Å². The molecule has 0 aliphatic carbocycles. The monoisotopic (exact) mass is 357 g/mol. The fraction of sp³-hybridized carbons (Fsp3) is 0.211. The van der Waals surface area contributed by atoms with E-state index in [0.717, 1.165) is 0 Å². The van der Waals surface area contributed by atoms with Crippen molar-refractivity contribution >= 4 is 17.7 Å². The van der Waals surface area contributed by atoms with Gasteiger partial charge in [-0.05, 0) is 49.4 Å². The van der Waals surface area contributed by atoms with Crippen molar-refractivity contribution in [2.24, 2.45) is 5.73 Å². The molecule has 0 saturated heterocycles. The predicted octanol–water partition coefficient (Wildman–Crippen LogP) is 2.12. The molecule has 2 N–H and O–H groups in total. The first-order valence-electron chi connectivity index (χ1n) is 7.77. The minimum absolute atomic E-state index is 0.0386. The number of Topliss-reactive ketones (excluding diaryl/α,β-unsaturated/α-hetero) is 1. The van der Waals surface area contributed by atoms with Crippen LogP contribution in [0.4, 0.5) is 0 Å². The van der Waals surface area contributed by atoms with E-state index in [9.17, 15) is 14.4 Å². The number of ether oxygens (including phenoxy) is 3. The number of nitrogens with two attached hydrogens (primary N) is 1. The Labute approximate surface area is 150 Å². The number of amides is 1. The Balaban J connectivity index is 2.03. The number of hydrogen-bond acceptors (Lipinski definition) is 6. The quantitative estimate of drug-likeness (QED) is 0.573. The van der Waals surface area contributed by atoms with E-state index < -0.39 is 11.9 Å². The van der Waals surface area contributed by atoms with Crippen LogP contribution in [0.1, 0.15) is 33.2 Å². The van der Waals surface area contributed by atoms with Crippen LogP contribution in [-0.4, -0.2) is 31.4 Å². The molecule has 1 amide bonds. The van der Waals surface area contributed by atoms with Gasteiger partial charge in [-0.2, -0.15) is 0 Å². The minimum atomic E-state index is -0.588. The van der Waals surface area contributed by atoms with Crippen LogP contribution in [0.3, 0.4) is 0 Å². The largest absolute Gasteiger partial charge is 0.496 e. The number of hydrogen-bond donors (Lipinski definition) is 1. The van der Waals surface area contributed by atoms with E-state index in [1.165, 1.54) is 38.3 Å². The number of ketones is 1. The summed E-state index contributed by atoms with van der Waals surface area (Å²) in [5.74, 6) is -0.280. The first-order chi connectivity index (χ1) is 12.4. The first-order valence-corrected chi connectivity index (χ1v) is 7.77. The fourth-order valence-corrected chi connectivity index (χ4v) is 2.18. The van der Waals surface area contributed by atoms with Gasteiger partial charge < -0.3 is 19.9 Å². The number of methoxy groups -OCH3 is 1. The normalized spacial score (nSPS) is 10.1. The summed E-state index contributed by atoms with van der Waals surface area (Å²) in [4.78, 5) is 34.3. The van der Waals surface area contributed by atoms with Crippen molar-refractivity contribution in [3.05, 3.63) is 59.2 Å².